The fourth-order valence-corrected chi connectivity index (χ4v) is 1.60. The Balaban J connectivity index is 3.21. The summed E-state index contributed by atoms with van der Waals surface area (Å²) in [7, 11) is 0. The van der Waals surface area contributed by atoms with E-state index in [1.807, 2.05) is 0 Å². The second-order valence-electron chi connectivity index (χ2n) is 7.48. The van der Waals surface area contributed by atoms with E-state index in [4.69, 9.17) is 0 Å². The summed E-state index contributed by atoms with van der Waals surface area (Å²) >= 11 is 0. The van der Waals surface area contributed by atoms with Gasteiger partial charge in [0.05, 0.1) is 0 Å². The van der Waals surface area contributed by atoms with E-state index in [9.17, 15) is 0 Å². The Kier molecular flexibility index (Phi) is 4.73. The van der Waals surface area contributed by atoms with Crippen LogP contribution >= 0.6 is 0 Å². The van der Waals surface area contributed by atoms with E-state index in [1.54, 1.807) is 0 Å². The topological polar surface area (TPSA) is 0 Å². The number of rotatable bonds is 0. The lowest BCUT2D eigenvalue weighted by Crippen LogP contribution is -2.00. The van der Waals surface area contributed by atoms with E-state index in [0.717, 1.165) is 11.1 Å². The van der Waals surface area contributed by atoms with Crippen LogP contribution in [-0.2, 0) is 0 Å². The highest BCUT2D eigenvalue weighted by atomic mass is 14.1. The summed E-state index contributed by atoms with van der Waals surface area (Å²) in [6.45, 7) is 17.0. The molecule has 106 valence electrons. The molecule has 0 heterocycles. The molecule has 0 fully saturated rings. The van der Waals surface area contributed by atoms with Crippen LogP contribution in [0.1, 0.15) is 63.8 Å². The van der Waals surface area contributed by atoms with Gasteiger partial charge in [0.15, 0.2) is 0 Å². The summed E-state index contributed by atoms with van der Waals surface area (Å²) in [5.41, 5.74) is 4.68. The van der Waals surface area contributed by atoms with Gasteiger partial charge in [-0.05, 0) is 78.6 Å². The van der Waals surface area contributed by atoms with Crippen LogP contribution in [0, 0.1) is 48.4 Å². The van der Waals surface area contributed by atoms with Crippen molar-refractivity contribution in [2.45, 2.75) is 55.4 Å². The third-order valence-electron chi connectivity index (χ3n) is 2.72. The summed E-state index contributed by atoms with van der Waals surface area (Å²) in [5, 5.41) is 0. The minimum atomic E-state index is 0.0328. The van der Waals surface area contributed by atoms with Crippen LogP contribution in [0.15, 0.2) is 12.1 Å². The molecule has 0 saturated heterocycles. The smallest absolute Gasteiger partial charge is 0.0278 e. The van der Waals surface area contributed by atoms with Crippen LogP contribution in [-0.4, -0.2) is 0 Å². The van der Waals surface area contributed by atoms with Crippen molar-refractivity contribution >= 4 is 0 Å². The van der Waals surface area contributed by atoms with E-state index >= 15 is 0 Å². The van der Waals surface area contributed by atoms with Gasteiger partial charge in [0.1, 0.15) is 0 Å². The molecule has 0 N–H and O–H groups in total. The number of hydrogen-bond donors (Lipinski definition) is 0. The summed E-state index contributed by atoms with van der Waals surface area (Å²) in [4.78, 5) is 0. The van der Waals surface area contributed by atoms with E-state index in [1.165, 1.54) is 11.1 Å². The molecule has 0 heteroatoms. The SMILES string of the molecule is Cc1cc(C#CC(C)(C)C)c(C)cc1C#CC(C)(C)C. The largest absolute Gasteiger partial charge is 0.0919 e. The quantitative estimate of drug-likeness (QED) is 0.573. The van der Waals surface area contributed by atoms with E-state index in [2.05, 4.69) is 91.2 Å². The van der Waals surface area contributed by atoms with Gasteiger partial charge >= 0.3 is 0 Å². The van der Waals surface area contributed by atoms with Crippen molar-refractivity contribution < 1.29 is 0 Å². The normalized spacial score (nSPS) is 11.2. The van der Waals surface area contributed by atoms with Crippen molar-refractivity contribution in [3.63, 3.8) is 0 Å². The van der Waals surface area contributed by atoms with Crippen LogP contribution in [0.4, 0.5) is 0 Å². The summed E-state index contributed by atoms with van der Waals surface area (Å²) in [5.74, 6) is 13.2. The lowest BCUT2D eigenvalue weighted by molar-refractivity contribution is 0.570. The van der Waals surface area contributed by atoms with Gasteiger partial charge in [0.25, 0.3) is 0 Å². The van der Waals surface area contributed by atoms with E-state index in [0.29, 0.717) is 0 Å². The third kappa shape index (κ3) is 5.54. The minimum absolute atomic E-state index is 0.0328. The maximum atomic E-state index is 3.30. The average Bonchev–Trinajstić information content (AvgIpc) is 2.25. The van der Waals surface area contributed by atoms with Crippen LogP contribution in [0.2, 0.25) is 0 Å². The molecule has 0 atom stereocenters. The second kappa shape index (κ2) is 5.76. The molecular formula is C20H26. The molecule has 0 aliphatic rings. The molecule has 0 radical (unpaired) electrons. The first-order chi connectivity index (χ1) is 8.98. The molecule has 0 aliphatic carbocycles. The van der Waals surface area contributed by atoms with Crippen LogP contribution in [0.3, 0.4) is 0 Å². The Morgan fingerprint density at radius 3 is 1.20 bits per heavy atom. The number of benzene rings is 1. The van der Waals surface area contributed by atoms with E-state index in [-0.39, 0.29) is 10.8 Å². The molecule has 0 amide bonds. The molecule has 1 aromatic carbocycles. The van der Waals surface area contributed by atoms with Crippen LogP contribution in [0.25, 0.3) is 0 Å². The molecule has 0 saturated carbocycles. The van der Waals surface area contributed by atoms with Crippen molar-refractivity contribution in [1.82, 2.24) is 0 Å². The van der Waals surface area contributed by atoms with Crippen LogP contribution < -0.4 is 0 Å². The van der Waals surface area contributed by atoms with Gasteiger partial charge in [0.2, 0.25) is 0 Å². The Bertz CT molecular complexity index is 551. The highest BCUT2D eigenvalue weighted by Crippen LogP contribution is 2.18. The first-order valence-corrected chi connectivity index (χ1v) is 7.15. The predicted molar refractivity (Wildman–Crippen MR) is 88.6 cm³/mol. The zero-order valence-electron chi connectivity index (χ0n) is 14.2. The molecule has 0 bridgehead atoms. The molecule has 0 spiro atoms. The molecule has 1 aromatic rings. The van der Waals surface area contributed by atoms with Crippen molar-refractivity contribution in [1.29, 1.82) is 0 Å². The van der Waals surface area contributed by atoms with Gasteiger partial charge in [-0.2, -0.15) is 0 Å². The molecule has 1 rings (SSSR count). The lowest BCUT2D eigenvalue weighted by atomic mass is 9.94. The minimum Gasteiger partial charge on any atom is -0.0919 e. The van der Waals surface area contributed by atoms with Crippen molar-refractivity contribution in [2.24, 2.45) is 10.8 Å². The number of hydrogen-bond acceptors (Lipinski definition) is 0. The first kappa shape index (κ1) is 16.4. The Morgan fingerprint density at radius 2 is 0.950 bits per heavy atom. The average molecular weight is 266 g/mol. The maximum Gasteiger partial charge on any atom is 0.0278 e. The molecule has 20 heavy (non-hydrogen) atoms. The summed E-state index contributed by atoms with van der Waals surface area (Å²) in [6.07, 6.45) is 0. The Hall–Kier alpha value is -1.66. The van der Waals surface area contributed by atoms with Crippen LogP contribution in [0.5, 0.6) is 0 Å². The van der Waals surface area contributed by atoms with Gasteiger partial charge in [-0.1, -0.05) is 23.7 Å². The predicted octanol–water partition coefficient (Wildman–Crippen LogP) is 5.10. The first-order valence-electron chi connectivity index (χ1n) is 7.15. The molecule has 0 unspecified atom stereocenters. The zero-order chi connectivity index (χ0) is 15.6. The summed E-state index contributed by atoms with van der Waals surface area (Å²) in [6, 6.07) is 4.31. The molecule has 0 aliphatic heterocycles. The standard InChI is InChI=1S/C20H26/c1-15-13-18(10-12-20(6,7)8)16(2)14-17(15)9-11-19(3,4)5/h13-14H,1-8H3. The fraction of sp³-hybridized carbons (Fsp3) is 0.500. The second-order valence-corrected chi connectivity index (χ2v) is 7.48. The van der Waals surface area contributed by atoms with Gasteiger partial charge < -0.3 is 0 Å². The highest BCUT2D eigenvalue weighted by Gasteiger charge is 2.07. The Morgan fingerprint density at radius 1 is 0.650 bits per heavy atom. The highest BCUT2D eigenvalue weighted by molar-refractivity contribution is 5.51. The molecule has 0 aromatic heterocycles. The van der Waals surface area contributed by atoms with Crippen molar-refractivity contribution in [2.75, 3.05) is 0 Å². The molecular weight excluding hydrogens is 240 g/mol. The van der Waals surface area contributed by atoms with Crippen molar-refractivity contribution in [3.8, 4) is 23.7 Å². The zero-order valence-corrected chi connectivity index (χ0v) is 14.2. The van der Waals surface area contributed by atoms with Gasteiger partial charge in [-0.3, -0.25) is 0 Å². The Labute approximate surface area is 125 Å². The number of aryl methyl sites for hydroxylation is 2. The van der Waals surface area contributed by atoms with Gasteiger partial charge in [-0.15, -0.1) is 0 Å². The van der Waals surface area contributed by atoms with Crippen molar-refractivity contribution in [3.05, 3.63) is 34.4 Å². The maximum absolute atomic E-state index is 3.30. The fourth-order valence-electron chi connectivity index (χ4n) is 1.60. The lowest BCUT2D eigenvalue weighted by Gasteiger charge is -2.09. The third-order valence-corrected chi connectivity index (χ3v) is 2.72. The van der Waals surface area contributed by atoms with E-state index < -0.39 is 0 Å². The van der Waals surface area contributed by atoms with Gasteiger partial charge in [0, 0.05) is 22.0 Å². The molecule has 0 nitrogen and oxygen atoms in total. The monoisotopic (exact) mass is 266 g/mol. The summed E-state index contributed by atoms with van der Waals surface area (Å²) < 4.78 is 0. The van der Waals surface area contributed by atoms with Gasteiger partial charge in [-0.25, -0.2) is 0 Å².